The molecule has 0 fully saturated rings. The molecular formula is C116H80N4OS. The molecule has 6 aliphatic rings. The van der Waals surface area contributed by atoms with Gasteiger partial charge in [-0.05, 0) is 234 Å². The van der Waals surface area contributed by atoms with Gasteiger partial charge in [0, 0.05) is 87.0 Å². The zero-order chi connectivity index (χ0) is 80.9. The highest BCUT2D eigenvalue weighted by molar-refractivity contribution is 7.25. The fourth-order valence-corrected chi connectivity index (χ4v) is 23.7. The molecule has 0 unspecified atom stereocenters. The number of hydrogen-bond acceptors (Lipinski definition) is 6. The number of furan rings is 1. The third-order valence-electron chi connectivity index (χ3n) is 27.7. The van der Waals surface area contributed by atoms with Crippen molar-refractivity contribution in [3.05, 3.63) is 479 Å². The molecule has 0 saturated heterocycles. The van der Waals surface area contributed by atoms with E-state index in [1.165, 1.54) is 160 Å². The second-order valence-electron chi connectivity index (χ2n) is 34.4. The zero-order valence-corrected chi connectivity index (χ0v) is 68.7. The van der Waals surface area contributed by atoms with E-state index in [1.54, 1.807) is 0 Å². The molecule has 0 N–H and O–H groups in total. The van der Waals surface area contributed by atoms with Gasteiger partial charge >= 0.3 is 0 Å². The van der Waals surface area contributed by atoms with E-state index in [0.717, 1.165) is 61.8 Å². The molecule has 20 aromatic rings. The molecule has 6 heteroatoms. The molecule has 2 aliphatic heterocycles. The van der Waals surface area contributed by atoms with Crippen LogP contribution >= 0.6 is 11.3 Å². The minimum absolute atomic E-state index is 0.142. The summed E-state index contributed by atoms with van der Waals surface area (Å²) in [5.74, 6) is 0. The van der Waals surface area contributed by atoms with Crippen LogP contribution in [0.25, 0.3) is 86.6 Å². The van der Waals surface area contributed by atoms with Gasteiger partial charge in [-0.25, -0.2) is 0 Å². The third kappa shape index (κ3) is 9.69. The minimum atomic E-state index is -0.571. The fourth-order valence-electron chi connectivity index (χ4n) is 22.6. The lowest BCUT2D eigenvalue weighted by Crippen LogP contribution is -2.36. The lowest BCUT2D eigenvalue weighted by molar-refractivity contribution is 0.660. The van der Waals surface area contributed by atoms with E-state index in [1.807, 2.05) is 17.4 Å². The first-order valence-corrected chi connectivity index (χ1v) is 43.4. The minimum Gasteiger partial charge on any atom is -0.456 e. The van der Waals surface area contributed by atoms with E-state index in [0.29, 0.717) is 0 Å². The Hall–Kier alpha value is -14.8. The van der Waals surface area contributed by atoms with Gasteiger partial charge in [-0.1, -0.05) is 307 Å². The van der Waals surface area contributed by atoms with Crippen molar-refractivity contribution < 1.29 is 4.42 Å². The van der Waals surface area contributed by atoms with Crippen LogP contribution in [0.1, 0.15) is 94.5 Å². The molecule has 2 aromatic heterocycles. The Morgan fingerprint density at radius 3 is 1.05 bits per heavy atom. The Labute approximate surface area is 713 Å². The monoisotopic (exact) mass is 1580 g/mol. The first-order valence-electron chi connectivity index (χ1n) is 42.5. The van der Waals surface area contributed by atoms with Crippen LogP contribution in [-0.2, 0) is 21.7 Å². The molecule has 122 heavy (non-hydrogen) atoms. The Morgan fingerprint density at radius 1 is 0.230 bits per heavy atom. The van der Waals surface area contributed by atoms with Gasteiger partial charge in [0.25, 0.3) is 0 Å². The number of hydrogen-bond donors (Lipinski definition) is 0. The first kappa shape index (κ1) is 70.2. The summed E-state index contributed by atoms with van der Waals surface area (Å²) in [6.07, 6.45) is 0. The smallest absolute Gasteiger partial charge is 0.135 e. The number of benzene rings is 18. The Kier molecular flexibility index (Phi) is 15.2. The molecular weight excluding hydrogens is 1500 g/mol. The van der Waals surface area contributed by atoms with Crippen LogP contribution < -0.4 is 19.6 Å². The normalized spacial score (nSPS) is 14.6. The number of fused-ring (bicyclic) bond motifs is 30. The number of thiophene rings is 1. The van der Waals surface area contributed by atoms with Crippen molar-refractivity contribution in [1.82, 2.24) is 0 Å². The van der Waals surface area contributed by atoms with Crippen LogP contribution in [0.5, 0.6) is 0 Å². The predicted molar refractivity (Wildman–Crippen MR) is 509 cm³/mol. The molecule has 576 valence electrons. The second-order valence-corrected chi connectivity index (χ2v) is 35.5. The molecule has 0 bridgehead atoms. The van der Waals surface area contributed by atoms with Crippen LogP contribution in [0.4, 0.5) is 68.2 Å². The molecule has 26 rings (SSSR count). The van der Waals surface area contributed by atoms with E-state index in [4.69, 9.17) is 4.42 Å². The highest BCUT2D eigenvalue weighted by Crippen LogP contribution is 2.69. The molecule has 0 atom stereocenters. The Balaban J connectivity index is 0.000000134. The molecule has 0 radical (unpaired) electrons. The summed E-state index contributed by atoms with van der Waals surface area (Å²) >= 11 is 1.87. The molecule has 4 aliphatic carbocycles. The number of rotatable bonds is 8. The Bertz CT molecular complexity index is 7220. The lowest BCUT2D eigenvalue weighted by Gasteiger charge is -2.45. The van der Waals surface area contributed by atoms with Crippen LogP contribution in [0.15, 0.2) is 417 Å². The average Bonchev–Trinajstić information content (AvgIpc) is 1.50. The van der Waals surface area contributed by atoms with Crippen LogP contribution in [-0.4, -0.2) is 0 Å². The molecule has 2 spiro atoms. The van der Waals surface area contributed by atoms with E-state index in [2.05, 4.69) is 454 Å². The molecule has 4 heterocycles. The third-order valence-corrected chi connectivity index (χ3v) is 28.8. The first-order chi connectivity index (χ1) is 60.1. The van der Waals surface area contributed by atoms with Crippen molar-refractivity contribution in [3.8, 4) is 44.5 Å². The summed E-state index contributed by atoms with van der Waals surface area (Å²) < 4.78 is 9.02. The zero-order valence-electron chi connectivity index (χ0n) is 67.9. The summed E-state index contributed by atoms with van der Waals surface area (Å²) in [5.41, 5.74) is 40.4. The van der Waals surface area contributed by atoms with Crippen molar-refractivity contribution in [2.75, 3.05) is 19.6 Å². The van der Waals surface area contributed by atoms with Gasteiger partial charge in [-0.3, -0.25) is 0 Å². The number of para-hydroxylation sites is 7. The molecule has 0 saturated carbocycles. The standard InChI is InChI=1S/C58H40N2O.C58H40N2S/c2*1-57(2)45-22-9-6-19-40(45)41-33-31-39(36-50(41)57)59(38-32-34-55-44(35-38)42-20-8-15-30-54(42)61-55)53-29-16-26-49-56(53)43-21-7-10-23-46(43)58(49)47-24-11-13-27-51(47)60(37-17-4-3-5-18-37)52-28-14-12-25-48(52)58/h2*3-36H,1-2H3. The maximum Gasteiger partial charge on any atom is 0.135 e. The average molecular weight is 1580 g/mol. The van der Waals surface area contributed by atoms with Crippen molar-refractivity contribution >= 4 is 122 Å². The van der Waals surface area contributed by atoms with Crippen LogP contribution in [0.3, 0.4) is 0 Å². The fraction of sp³-hybridized carbons (Fsp3) is 0.0690. The Morgan fingerprint density at radius 2 is 0.566 bits per heavy atom. The van der Waals surface area contributed by atoms with E-state index in [9.17, 15) is 0 Å². The topological polar surface area (TPSA) is 26.1 Å². The van der Waals surface area contributed by atoms with Crippen molar-refractivity contribution in [1.29, 1.82) is 0 Å². The largest absolute Gasteiger partial charge is 0.456 e. The van der Waals surface area contributed by atoms with Gasteiger partial charge in [0.15, 0.2) is 0 Å². The van der Waals surface area contributed by atoms with Gasteiger partial charge in [0.1, 0.15) is 11.2 Å². The molecule has 0 amide bonds. The van der Waals surface area contributed by atoms with Crippen molar-refractivity contribution in [2.45, 2.75) is 49.4 Å². The van der Waals surface area contributed by atoms with Crippen LogP contribution in [0, 0.1) is 0 Å². The molecule has 5 nitrogen and oxygen atoms in total. The van der Waals surface area contributed by atoms with Gasteiger partial charge in [0.05, 0.1) is 45.0 Å². The highest BCUT2D eigenvalue weighted by Gasteiger charge is 2.55. The van der Waals surface area contributed by atoms with Gasteiger partial charge in [-0.15, -0.1) is 11.3 Å². The maximum absolute atomic E-state index is 6.40. The molecule has 18 aromatic carbocycles. The van der Waals surface area contributed by atoms with Crippen molar-refractivity contribution in [3.63, 3.8) is 0 Å². The number of anilines is 12. The van der Waals surface area contributed by atoms with E-state index >= 15 is 0 Å². The highest BCUT2D eigenvalue weighted by atomic mass is 32.1. The van der Waals surface area contributed by atoms with E-state index < -0.39 is 10.8 Å². The van der Waals surface area contributed by atoms with Crippen LogP contribution in [0.2, 0.25) is 0 Å². The summed E-state index contributed by atoms with van der Waals surface area (Å²) in [7, 11) is 0. The van der Waals surface area contributed by atoms with Gasteiger partial charge in [0.2, 0.25) is 0 Å². The summed E-state index contributed by atoms with van der Waals surface area (Å²) in [6.45, 7) is 9.50. The predicted octanol–water partition coefficient (Wildman–Crippen LogP) is 31.5. The van der Waals surface area contributed by atoms with Gasteiger partial charge < -0.3 is 24.0 Å². The second kappa shape index (κ2) is 26.3. The quantitative estimate of drug-likeness (QED) is 0.151. The summed E-state index contributed by atoms with van der Waals surface area (Å²) in [6, 6.07) is 153. The number of nitrogens with zero attached hydrogens (tertiary/aromatic N) is 4. The summed E-state index contributed by atoms with van der Waals surface area (Å²) in [4.78, 5) is 9.96. The summed E-state index contributed by atoms with van der Waals surface area (Å²) in [5, 5.41) is 4.81. The van der Waals surface area contributed by atoms with Crippen molar-refractivity contribution in [2.24, 2.45) is 0 Å². The SMILES string of the molecule is CC1(C)c2ccccc2-c2ccc(N(c3ccc4oc5ccccc5c4c3)c3cccc4c3-c3ccccc3C43c4ccccc4N(c4ccccc4)c4ccccc43)cc21.CC1(C)c2ccccc2-c2ccc(N(c3ccc4sc5ccccc5c4c3)c3cccc4c3-c3ccccc3C43c4ccccc4N(c4ccccc4)c4ccccc43)cc21. The van der Waals surface area contributed by atoms with E-state index in [-0.39, 0.29) is 10.8 Å². The van der Waals surface area contributed by atoms with Gasteiger partial charge in [-0.2, -0.15) is 0 Å². The maximum atomic E-state index is 6.40. The lowest BCUT2D eigenvalue weighted by atomic mass is 9.64.